The molecule has 2 rings (SSSR count). The first kappa shape index (κ1) is 21.3. The van der Waals surface area contributed by atoms with E-state index < -0.39 is 0 Å². The summed E-state index contributed by atoms with van der Waals surface area (Å²) in [5.74, 6) is 1.48. The van der Waals surface area contributed by atoms with Crippen LogP contribution in [0.15, 0.2) is 36.4 Å². The van der Waals surface area contributed by atoms with E-state index >= 15 is 0 Å². The number of anilines is 2. The van der Waals surface area contributed by atoms with Crippen molar-refractivity contribution in [1.29, 1.82) is 0 Å². The highest BCUT2D eigenvalue weighted by Crippen LogP contribution is 2.22. The van der Waals surface area contributed by atoms with Crippen LogP contribution in [0.1, 0.15) is 62.8 Å². The lowest BCUT2D eigenvalue weighted by Crippen LogP contribution is -2.06. The van der Waals surface area contributed by atoms with Crippen molar-refractivity contribution in [3.63, 3.8) is 0 Å². The van der Waals surface area contributed by atoms with Crippen molar-refractivity contribution in [3.8, 4) is 0 Å². The summed E-state index contributed by atoms with van der Waals surface area (Å²) in [6.45, 7) is 15.6. The van der Waals surface area contributed by atoms with Crippen molar-refractivity contribution in [2.75, 3.05) is 23.7 Å². The molecule has 0 saturated carbocycles. The minimum Gasteiger partial charge on any atom is -0.385 e. The van der Waals surface area contributed by atoms with Crippen molar-refractivity contribution < 1.29 is 0 Å². The Labute approximate surface area is 166 Å². The second-order valence-corrected chi connectivity index (χ2v) is 8.69. The fourth-order valence-corrected chi connectivity index (χ4v) is 3.29. The van der Waals surface area contributed by atoms with Crippen LogP contribution < -0.4 is 10.6 Å². The van der Waals surface area contributed by atoms with Gasteiger partial charge in [0.25, 0.3) is 0 Å². The van der Waals surface area contributed by atoms with Gasteiger partial charge in [0, 0.05) is 24.5 Å². The average molecular weight is 367 g/mol. The van der Waals surface area contributed by atoms with Gasteiger partial charge in [-0.05, 0) is 79.3 Å². The van der Waals surface area contributed by atoms with Gasteiger partial charge in [0.1, 0.15) is 0 Å². The third-order valence-electron chi connectivity index (χ3n) is 5.06. The summed E-state index contributed by atoms with van der Waals surface area (Å²) in [6, 6.07) is 13.6. The molecule has 0 aliphatic rings. The molecule has 27 heavy (non-hydrogen) atoms. The van der Waals surface area contributed by atoms with Crippen molar-refractivity contribution in [2.45, 2.75) is 60.8 Å². The van der Waals surface area contributed by atoms with Crippen molar-refractivity contribution in [2.24, 2.45) is 11.8 Å². The Morgan fingerprint density at radius 2 is 1.07 bits per heavy atom. The van der Waals surface area contributed by atoms with Crippen LogP contribution in [0.4, 0.5) is 11.4 Å². The Hall–Kier alpha value is -1.96. The summed E-state index contributed by atoms with van der Waals surface area (Å²) in [4.78, 5) is 0. The predicted molar refractivity (Wildman–Crippen MR) is 121 cm³/mol. The van der Waals surface area contributed by atoms with Gasteiger partial charge in [-0.15, -0.1) is 0 Å². The first-order valence-corrected chi connectivity index (χ1v) is 10.5. The predicted octanol–water partition coefficient (Wildman–Crippen LogP) is 6.81. The van der Waals surface area contributed by atoms with Crippen LogP contribution in [-0.2, 0) is 6.42 Å². The van der Waals surface area contributed by atoms with Crippen LogP contribution >= 0.6 is 0 Å². The third-order valence-corrected chi connectivity index (χ3v) is 5.06. The van der Waals surface area contributed by atoms with Crippen LogP contribution in [0.25, 0.3) is 0 Å². The highest BCUT2D eigenvalue weighted by atomic mass is 14.9. The maximum absolute atomic E-state index is 3.57. The SMILES string of the molecule is Cc1cc(Cc2ccc(NCCC(C)C)c(C)c2)ccc1NCCC(C)C. The molecule has 2 aromatic carbocycles. The minimum atomic E-state index is 0.739. The summed E-state index contributed by atoms with van der Waals surface area (Å²) < 4.78 is 0. The van der Waals surface area contributed by atoms with Gasteiger partial charge in [-0.25, -0.2) is 0 Å². The van der Waals surface area contributed by atoms with Crippen molar-refractivity contribution in [1.82, 2.24) is 0 Å². The molecule has 2 aromatic rings. The van der Waals surface area contributed by atoms with Gasteiger partial charge >= 0.3 is 0 Å². The molecule has 0 aliphatic heterocycles. The molecule has 0 saturated heterocycles. The van der Waals surface area contributed by atoms with Gasteiger partial charge in [0.15, 0.2) is 0 Å². The fourth-order valence-electron chi connectivity index (χ4n) is 3.29. The molecule has 0 spiro atoms. The largest absolute Gasteiger partial charge is 0.385 e. The lowest BCUT2D eigenvalue weighted by atomic mass is 10.00. The molecule has 2 N–H and O–H groups in total. The van der Waals surface area contributed by atoms with Gasteiger partial charge < -0.3 is 10.6 Å². The lowest BCUT2D eigenvalue weighted by molar-refractivity contribution is 0.607. The third kappa shape index (κ3) is 7.28. The van der Waals surface area contributed by atoms with E-state index in [4.69, 9.17) is 0 Å². The van der Waals surface area contributed by atoms with Crippen LogP contribution in [0.3, 0.4) is 0 Å². The van der Waals surface area contributed by atoms with Crippen LogP contribution in [-0.4, -0.2) is 13.1 Å². The number of benzene rings is 2. The minimum absolute atomic E-state index is 0.739. The topological polar surface area (TPSA) is 24.1 Å². The number of nitrogens with one attached hydrogen (secondary N) is 2. The second-order valence-electron chi connectivity index (χ2n) is 8.69. The molecule has 2 nitrogen and oxygen atoms in total. The maximum atomic E-state index is 3.57. The van der Waals surface area contributed by atoms with E-state index in [-0.39, 0.29) is 0 Å². The number of hydrogen-bond acceptors (Lipinski definition) is 2. The van der Waals surface area contributed by atoms with Crippen LogP contribution in [0.2, 0.25) is 0 Å². The van der Waals surface area contributed by atoms with Gasteiger partial charge in [0.2, 0.25) is 0 Å². The molecule has 148 valence electrons. The van der Waals surface area contributed by atoms with Crippen LogP contribution in [0, 0.1) is 25.7 Å². The standard InChI is InChI=1S/C25H38N2/c1-18(2)11-13-26-24-9-7-22(15-20(24)5)17-23-8-10-25(21(6)16-23)27-14-12-19(3)4/h7-10,15-16,18-19,26-27H,11-14,17H2,1-6H3. The Balaban J connectivity index is 1.96. The lowest BCUT2D eigenvalue weighted by Gasteiger charge is -2.14. The molecular weight excluding hydrogens is 328 g/mol. The zero-order valence-corrected chi connectivity index (χ0v) is 18.2. The molecule has 0 aromatic heterocycles. The zero-order chi connectivity index (χ0) is 19.8. The van der Waals surface area contributed by atoms with E-state index in [0.717, 1.165) is 31.3 Å². The van der Waals surface area contributed by atoms with E-state index in [0.29, 0.717) is 0 Å². The first-order chi connectivity index (χ1) is 12.8. The first-order valence-electron chi connectivity index (χ1n) is 10.5. The highest BCUT2D eigenvalue weighted by Gasteiger charge is 2.05. The van der Waals surface area contributed by atoms with Crippen LogP contribution in [0.5, 0.6) is 0 Å². The van der Waals surface area contributed by atoms with Gasteiger partial charge in [-0.1, -0.05) is 52.0 Å². The van der Waals surface area contributed by atoms with Gasteiger partial charge in [-0.3, -0.25) is 0 Å². The summed E-state index contributed by atoms with van der Waals surface area (Å²) in [5, 5.41) is 7.14. The molecular formula is C25H38N2. The Bertz CT molecular complexity index is 655. The molecule has 0 aliphatic carbocycles. The Morgan fingerprint density at radius 3 is 1.41 bits per heavy atom. The number of rotatable bonds is 10. The number of hydrogen-bond donors (Lipinski definition) is 2. The molecule has 0 fully saturated rings. The van der Waals surface area contributed by atoms with Gasteiger partial charge in [-0.2, -0.15) is 0 Å². The van der Waals surface area contributed by atoms with Crippen molar-refractivity contribution >= 4 is 11.4 Å². The molecule has 0 radical (unpaired) electrons. The summed E-state index contributed by atoms with van der Waals surface area (Å²) in [7, 11) is 0. The average Bonchev–Trinajstić information content (AvgIpc) is 2.58. The summed E-state index contributed by atoms with van der Waals surface area (Å²) >= 11 is 0. The van der Waals surface area contributed by atoms with E-state index in [9.17, 15) is 0 Å². The quantitative estimate of drug-likeness (QED) is 0.482. The summed E-state index contributed by atoms with van der Waals surface area (Å²) in [6.07, 6.45) is 3.40. The smallest absolute Gasteiger partial charge is 0.0370 e. The Morgan fingerprint density at radius 1 is 0.667 bits per heavy atom. The molecule has 0 unspecified atom stereocenters. The number of aryl methyl sites for hydroxylation is 2. The van der Waals surface area contributed by atoms with E-state index in [1.54, 1.807) is 0 Å². The monoisotopic (exact) mass is 366 g/mol. The molecule has 0 heterocycles. The zero-order valence-electron chi connectivity index (χ0n) is 18.2. The van der Waals surface area contributed by atoms with Crippen molar-refractivity contribution in [3.05, 3.63) is 58.7 Å². The second kappa shape index (κ2) is 10.4. The fraction of sp³-hybridized carbons (Fsp3) is 0.520. The normalized spacial score (nSPS) is 11.3. The van der Waals surface area contributed by atoms with Gasteiger partial charge in [0.05, 0.1) is 0 Å². The van der Waals surface area contributed by atoms with E-state index in [2.05, 4.69) is 88.6 Å². The molecule has 0 bridgehead atoms. The maximum Gasteiger partial charge on any atom is 0.0370 e. The summed E-state index contributed by atoms with van der Waals surface area (Å²) in [5.41, 5.74) is 7.95. The molecule has 2 heteroatoms. The Kier molecular flexibility index (Phi) is 8.22. The highest BCUT2D eigenvalue weighted by molar-refractivity contribution is 5.54. The molecule has 0 atom stereocenters. The molecule has 0 amide bonds. The van der Waals surface area contributed by atoms with E-state index in [1.807, 2.05) is 0 Å². The van der Waals surface area contributed by atoms with E-state index in [1.165, 1.54) is 46.5 Å².